The molecule has 2 heteroatoms. The molecule has 0 atom stereocenters. The lowest BCUT2D eigenvalue weighted by Gasteiger charge is -2.11. The van der Waals surface area contributed by atoms with Crippen molar-refractivity contribution in [2.45, 2.75) is 26.7 Å². The minimum atomic E-state index is -0.627. The molecule has 4 aromatic carbocycles. The molecule has 2 nitrogen and oxygen atoms in total. The van der Waals surface area contributed by atoms with E-state index in [4.69, 9.17) is 5.79 Å². The van der Waals surface area contributed by atoms with Gasteiger partial charge < -0.3 is 4.42 Å². The molecule has 0 amide bonds. The van der Waals surface area contributed by atoms with Gasteiger partial charge in [-0.15, -0.1) is 0 Å². The van der Waals surface area contributed by atoms with Gasteiger partial charge in [0.15, 0.2) is 6.20 Å². The zero-order valence-electron chi connectivity index (χ0n) is 19.9. The summed E-state index contributed by atoms with van der Waals surface area (Å²) >= 11 is 0. The van der Waals surface area contributed by atoms with Gasteiger partial charge in [-0.3, -0.25) is 0 Å². The molecule has 0 bridgehead atoms. The minimum Gasteiger partial charge on any atom is -0.456 e. The van der Waals surface area contributed by atoms with E-state index >= 15 is 0 Å². The van der Waals surface area contributed by atoms with E-state index in [1.807, 2.05) is 13.8 Å². The Hall–Kier alpha value is -3.65. The van der Waals surface area contributed by atoms with Crippen LogP contribution in [0.2, 0.25) is 0 Å². The Morgan fingerprint density at radius 1 is 0.844 bits per heavy atom. The fourth-order valence-corrected chi connectivity index (χ4v) is 5.02. The molecule has 0 aliphatic heterocycles. The molecule has 2 aromatic heterocycles. The molecular weight excluding hydrogens is 390 g/mol. The Morgan fingerprint density at radius 2 is 1.66 bits per heavy atom. The third-order valence-electron chi connectivity index (χ3n) is 6.75. The van der Waals surface area contributed by atoms with Crippen LogP contribution in [0.1, 0.15) is 32.2 Å². The number of rotatable bonds is 2. The molecule has 156 valence electrons. The lowest BCUT2D eigenvalue weighted by molar-refractivity contribution is -0.659. The van der Waals surface area contributed by atoms with E-state index in [0.717, 1.165) is 44.3 Å². The summed E-state index contributed by atoms with van der Waals surface area (Å²) in [6, 6.07) is 25.7. The largest absolute Gasteiger partial charge is 0.456 e. The maximum Gasteiger partial charge on any atom is 0.220 e. The summed E-state index contributed by atoms with van der Waals surface area (Å²) in [5.41, 5.74) is 6.35. The predicted molar refractivity (Wildman–Crippen MR) is 134 cm³/mol. The van der Waals surface area contributed by atoms with Crippen LogP contribution in [0.25, 0.3) is 54.7 Å². The van der Waals surface area contributed by atoms with Crippen molar-refractivity contribution in [3.63, 3.8) is 0 Å². The number of aryl methyl sites for hydroxylation is 2. The van der Waals surface area contributed by atoms with Crippen molar-refractivity contribution in [2.24, 2.45) is 7.05 Å². The second-order valence-electron chi connectivity index (χ2n) is 8.95. The third-order valence-corrected chi connectivity index (χ3v) is 6.75. The van der Waals surface area contributed by atoms with Crippen LogP contribution in [-0.4, -0.2) is 0 Å². The van der Waals surface area contributed by atoms with Crippen LogP contribution in [0, 0.1) is 6.92 Å². The number of hydrogen-bond donors (Lipinski definition) is 0. The molecule has 0 spiro atoms. The van der Waals surface area contributed by atoms with Gasteiger partial charge >= 0.3 is 0 Å². The van der Waals surface area contributed by atoms with Crippen LogP contribution < -0.4 is 4.57 Å². The molecule has 0 aliphatic rings. The molecule has 2 heterocycles. The Labute approximate surface area is 189 Å². The molecule has 0 aliphatic carbocycles. The first-order valence-electron chi connectivity index (χ1n) is 11.6. The number of pyridine rings is 1. The highest BCUT2D eigenvalue weighted by Gasteiger charge is 2.21. The van der Waals surface area contributed by atoms with Gasteiger partial charge in [-0.05, 0) is 58.8 Å². The van der Waals surface area contributed by atoms with E-state index in [2.05, 4.69) is 97.5 Å². The molecule has 0 N–H and O–H groups in total. The summed E-state index contributed by atoms with van der Waals surface area (Å²) in [6.07, 6.45) is 2.11. The van der Waals surface area contributed by atoms with E-state index in [-0.39, 0.29) is 0 Å². The van der Waals surface area contributed by atoms with Gasteiger partial charge in [0.1, 0.15) is 18.2 Å². The van der Waals surface area contributed by atoms with Crippen molar-refractivity contribution in [3.05, 3.63) is 90.1 Å². The van der Waals surface area contributed by atoms with Gasteiger partial charge in [0.25, 0.3) is 0 Å². The maximum atomic E-state index is 8.43. The van der Waals surface area contributed by atoms with Crippen LogP contribution in [-0.2, 0) is 7.05 Å². The van der Waals surface area contributed by atoms with E-state index in [0.29, 0.717) is 0 Å². The number of hydrogen-bond acceptors (Lipinski definition) is 1. The average Bonchev–Trinajstić information content (AvgIpc) is 3.19. The van der Waals surface area contributed by atoms with E-state index in [1.165, 1.54) is 21.5 Å². The maximum absolute atomic E-state index is 8.43. The topological polar surface area (TPSA) is 17.0 Å². The van der Waals surface area contributed by atoms with Crippen LogP contribution in [0.4, 0.5) is 0 Å². The molecule has 0 saturated heterocycles. The van der Waals surface area contributed by atoms with Crippen LogP contribution in [0.15, 0.2) is 83.4 Å². The van der Waals surface area contributed by atoms with Crippen molar-refractivity contribution in [3.8, 4) is 11.3 Å². The first-order valence-corrected chi connectivity index (χ1v) is 11.1. The van der Waals surface area contributed by atoms with Crippen molar-refractivity contribution >= 4 is 43.5 Å². The average molecular weight is 418 g/mol. The molecule has 0 unspecified atom stereocenters. The van der Waals surface area contributed by atoms with Crippen molar-refractivity contribution in [2.75, 3.05) is 0 Å². The van der Waals surface area contributed by atoms with Gasteiger partial charge in [-0.2, -0.15) is 0 Å². The zero-order valence-corrected chi connectivity index (χ0v) is 18.9. The molecular formula is C30H26NO+. The van der Waals surface area contributed by atoms with Gasteiger partial charge in [0, 0.05) is 23.8 Å². The monoisotopic (exact) mass is 417 g/mol. The van der Waals surface area contributed by atoms with Gasteiger partial charge in [0.2, 0.25) is 5.69 Å². The Kier molecular flexibility index (Phi) is 3.89. The number of benzene rings is 4. The fourth-order valence-electron chi connectivity index (χ4n) is 5.02. The van der Waals surface area contributed by atoms with Crippen molar-refractivity contribution in [1.82, 2.24) is 0 Å². The quantitative estimate of drug-likeness (QED) is 0.263. The van der Waals surface area contributed by atoms with Gasteiger partial charge in [-0.1, -0.05) is 56.3 Å². The summed E-state index contributed by atoms with van der Waals surface area (Å²) in [4.78, 5) is 0. The zero-order chi connectivity index (χ0) is 22.9. The van der Waals surface area contributed by atoms with Crippen molar-refractivity contribution in [1.29, 1.82) is 0 Å². The molecule has 0 saturated carbocycles. The van der Waals surface area contributed by atoms with E-state index < -0.39 is 5.89 Å². The van der Waals surface area contributed by atoms with Crippen molar-refractivity contribution < 1.29 is 10.4 Å². The minimum absolute atomic E-state index is 0.627. The first kappa shape index (κ1) is 18.0. The van der Waals surface area contributed by atoms with Crippen LogP contribution in [0.5, 0.6) is 0 Å². The lowest BCUT2D eigenvalue weighted by Crippen LogP contribution is -2.30. The highest BCUT2D eigenvalue weighted by atomic mass is 16.3. The first-order chi connectivity index (χ1) is 15.8. The smallest absolute Gasteiger partial charge is 0.220 e. The Bertz CT molecular complexity index is 1720. The third kappa shape index (κ3) is 2.69. The molecule has 0 fully saturated rings. The highest BCUT2D eigenvalue weighted by Crippen LogP contribution is 2.39. The van der Waals surface area contributed by atoms with Crippen LogP contribution >= 0.6 is 0 Å². The summed E-state index contributed by atoms with van der Waals surface area (Å²) in [6.45, 7) is 6.02. The second-order valence-corrected chi connectivity index (χ2v) is 8.95. The molecule has 32 heavy (non-hydrogen) atoms. The van der Waals surface area contributed by atoms with E-state index in [9.17, 15) is 0 Å². The summed E-state index contributed by atoms with van der Waals surface area (Å²) in [7, 11) is 2.09. The number of fused-ring (bicyclic) bond motifs is 6. The lowest BCUT2D eigenvalue weighted by atomic mass is 9.94. The molecule has 0 radical (unpaired) electrons. The standard InChI is InChI=1S/C30H26NO/c1-18(2)21-9-11-25-22(17-21)15-16-31(4)29(25)23-12-13-26-28-24-8-6-5-7-20(24)10-14-27(28)32-30(26)19(23)3/h5-18H,1-4H3/q+1/i18D. The Morgan fingerprint density at radius 3 is 2.50 bits per heavy atom. The SMILES string of the molecule is [2H]C(C)(C)c1ccc2c(-c3ccc4c(oc5ccc6ccccc6c54)c3C)[n+](C)ccc2c1. The number of aromatic nitrogens is 1. The fraction of sp³-hybridized carbons (Fsp3) is 0.167. The molecule has 6 aromatic rings. The molecule has 6 rings (SSSR count). The van der Waals surface area contributed by atoms with E-state index in [1.54, 1.807) is 0 Å². The normalized spacial score (nSPS) is 12.8. The highest BCUT2D eigenvalue weighted by molar-refractivity contribution is 6.19. The summed E-state index contributed by atoms with van der Waals surface area (Å²) in [5, 5.41) is 7.12. The van der Waals surface area contributed by atoms with Crippen LogP contribution in [0.3, 0.4) is 0 Å². The van der Waals surface area contributed by atoms with Gasteiger partial charge in [-0.25, -0.2) is 4.57 Å². The summed E-state index contributed by atoms with van der Waals surface area (Å²) < 4.78 is 17.0. The number of nitrogens with zero attached hydrogens (tertiary/aromatic N) is 1. The second kappa shape index (κ2) is 6.93. The Balaban J connectivity index is 1.65. The summed E-state index contributed by atoms with van der Waals surface area (Å²) in [5.74, 6) is -0.627. The predicted octanol–water partition coefficient (Wildman–Crippen LogP) is 7.82. The van der Waals surface area contributed by atoms with Gasteiger partial charge in [0.05, 0.1) is 10.9 Å². The number of furan rings is 1.